The molecule has 1 aromatic rings. The van der Waals surface area contributed by atoms with Gasteiger partial charge in [-0.15, -0.1) is 0 Å². The number of amides is 1. The van der Waals surface area contributed by atoms with E-state index in [1.807, 2.05) is 31.3 Å². The molecule has 0 heterocycles. The Bertz CT molecular complexity index is 319. The van der Waals surface area contributed by atoms with Gasteiger partial charge in [0.2, 0.25) is 5.91 Å². The van der Waals surface area contributed by atoms with Crippen LogP contribution >= 0.6 is 0 Å². The van der Waals surface area contributed by atoms with Gasteiger partial charge in [-0.3, -0.25) is 4.79 Å². The molecule has 2 N–H and O–H groups in total. The van der Waals surface area contributed by atoms with Crippen LogP contribution in [0.3, 0.4) is 0 Å². The second kappa shape index (κ2) is 7.01. The van der Waals surface area contributed by atoms with Crippen LogP contribution in [0.1, 0.15) is 31.7 Å². The third-order valence-corrected chi connectivity index (χ3v) is 2.38. The molecule has 3 heteroatoms. The van der Waals surface area contributed by atoms with Gasteiger partial charge in [0.15, 0.2) is 0 Å². The maximum absolute atomic E-state index is 11.5. The molecule has 0 aliphatic carbocycles. The summed E-state index contributed by atoms with van der Waals surface area (Å²) in [6.07, 6.45) is 2.60. The Kier molecular flexibility index (Phi) is 5.57. The zero-order valence-corrected chi connectivity index (χ0v) is 10.0. The molecule has 0 saturated carbocycles. The topological polar surface area (TPSA) is 41.1 Å². The lowest BCUT2D eigenvalue weighted by atomic mass is 10.2. The maximum Gasteiger partial charge on any atom is 0.224 e. The number of benzene rings is 1. The molecule has 3 nitrogen and oxygen atoms in total. The molecule has 0 aliphatic rings. The second-order valence-corrected chi connectivity index (χ2v) is 3.88. The fourth-order valence-electron chi connectivity index (χ4n) is 1.47. The summed E-state index contributed by atoms with van der Waals surface area (Å²) >= 11 is 0. The Labute approximate surface area is 97.2 Å². The SMILES string of the molecule is CCCCC(=O)Nc1ccc(CNC)cc1. The van der Waals surface area contributed by atoms with Crippen molar-refractivity contribution in [1.82, 2.24) is 5.32 Å². The van der Waals surface area contributed by atoms with Crippen LogP contribution in [-0.2, 0) is 11.3 Å². The fourth-order valence-corrected chi connectivity index (χ4v) is 1.47. The van der Waals surface area contributed by atoms with E-state index in [1.165, 1.54) is 5.56 Å². The summed E-state index contributed by atoms with van der Waals surface area (Å²) in [7, 11) is 1.92. The smallest absolute Gasteiger partial charge is 0.224 e. The fraction of sp³-hybridized carbons (Fsp3) is 0.462. The van der Waals surface area contributed by atoms with Crippen molar-refractivity contribution < 1.29 is 4.79 Å². The molecule has 88 valence electrons. The normalized spacial score (nSPS) is 10.1. The zero-order chi connectivity index (χ0) is 11.8. The number of carbonyl (C=O) groups is 1. The molecule has 0 bridgehead atoms. The first-order chi connectivity index (χ1) is 7.76. The zero-order valence-electron chi connectivity index (χ0n) is 10.0. The molecular formula is C13H20N2O. The lowest BCUT2D eigenvalue weighted by Gasteiger charge is -2.06. The molecular weight excluding hydrogens is 200 g/mol. The van der Waals surface area contributed by atoms with Crippen molar-refractivity contribution in [2.45, 2.75) is 32.7 Å². The van der Waals surface area contributed by atoms with Crippen LogP contribution in [0.15, 0.2) is 24.3 Å². The maximum atomic E-state index is 11.5. The van der Waals surface area contributed by atoms with Crippen molar-refractivity contribution in [3.8, 4) is 0 Å². The number of hydrogen-bond acceptors (Lipinski definition) is 2. The van der Waals surface area contributed by atoms with Crippen LogP contribution in [0.2, 0.25) is 0 Å². The Morgan fingerprint density at radius 2 is 1.94 bits per heavy atom. The molecule has 16 heavy (non-hydrogen) atoms. The number of nitrogens with one attached hydrogen (secondary N) is 2. The minimum atomic E-state index is 0.100. The Morgan fingerprint density at radius 3 is 2.50 bits per heavy atom. The van der Waals surface area contributed by atoms with E-state index in [-0.39, 0.29) is 5.91 Å². The molecule has 0 aliphatic heterocycles. The summed E-state index contributed by atoms with van der Waals surface area (Å²) in [4.78, 5) is 11.5. The van der Waals surface area contributed by atoms with Crippen LogP contribution in [0.4, 0.5) is 5.69 Å². The highest BCUT2D eigenvalue weighted by atomic mass is 16.1. The van der Waals surface area contributed by atoms with E-state index in [1.54, 1.807) is 0 Å². The monoisotopic (exact) mass is 220 g/mol. The predicted octanol–water partition coefficient (Wildman–Crippen LogP) is 2.53. The number of unbranched alkanes of at least 4 members (excludes halogenated alkanes) is 1. The molecule has 1 amide bonds. The predicted molar refractivity (Wildman–Crippen MR) is 67.4 cm³/mol. The van der Waals surface area contributed by atoms with E-state index >= 15 is 0 Å². The number of hydrogen-bond donors (Lipinski definition) is 2. The molecule has 0 atom stereocenters. The number of rotatable bonds is 6. The van der Waals surface area contributed by atoms with Gasteiger partial charge in [-0.2, -0.15) is 0 Å². The number of anilines is 1. The van der Waals surface area contributed by atoms with E-state index in [0.717, 1.165) is 25.1 Å². The van der Waals surface area contributed by atoms with Crippen molar-refractivity contribution >= 4 is 11.6 Å². The summed E-state index contributed by atoms with van der Waals surface area (Å²) in [5, 5.41) is 5.97. The van der Waals surface area contributed by atoms with Crippen LogP contribution in [-0.4, -0.2) is 13.0 Å². The Morgan fingerprint density at radius 1 is 1.25 bits per heavy atom. The Hall–Kier alpha value is -1.35. The van der Waals surface area contributed by atoms with Gasteiger partial charge in [-0.25, -0.2) is 0 Å². The summed E-state index contributed by atoms with van der Waals surface area (Å²) in [5.74, 6) is 0.100. The average molecular weight is 220 g/mol. The lowest BCUT2D eigenvalue weighted by molar-refractivity contribution is -0.116. The van der Waals surface area contributed by atoms with Crippen molar-refractivity contribution in [3.63, 3.8) is 0 Å². The third kappa shape index (κ3) is 4.45. The van der Waals surface area contributed by atoms with Gasteiger partial charge in [0.1, 0.15) is 0 Å². The highest BCUT2D eigenvalue weighted by molar-refractivity contribution is 5.90. The molecule has 0 radical (unpaired) electrons. The molecule has 0 unspecified atom stereocenters. The van der Waals surface area contributed by atoms with Gasteiger partial charge in [0, 0.05) is 18.7 Å². The standard InChI is InChI=1S/C13H20N2O/c1-3-4-5-13(16)15-12-8-6-11(7-9-12)10-14-2/h6-9,14H,3-5,10H2,1-2H3,(H,15,16). The van der Waals surface area contributed by atoms with Gasteiger partial charge in [0.05, 0.1) is 0 Å². The third-order valence-electron chi connectivity index (χ3n) is 2.38. The van der Waals surface area contributed by atoms with Gasteiger partial charge in [-0.1, -0.05) is 25.5 Å². The average Bonchev–Trinajstić information content (AvgIpc) is 2.29. The quantitative estimate of drug-likeness (QED) is 0.773. The molecule has 0 saturated heterocycles. The van der Waals surface area contributed by atoms with Crippen molar-refractivity contribution in [2.24, 2.45) is 0 Å². The van der Waals surface area contributed by atoms with E-state index < -0.39 is 0 Å². The molecule has 1 aromatic carbocycles. The van der Waals surface area contributed by atoms with Gasteiger partial charge in [0.25, 0.3) is 0 Å². The van der Waals surface area contributed by atoms with E-state index in [2.05, 4.69) is 17.6 Å². The molecule has 0 aromatic heterocycles. The Balaban J connectivity index is 2.45. The summed E-state index contributed by atoms with van der Waals surface area (Å²) in [6, 6.07) is 7.92. The van der Waals surface area contributed by atoms with Gasteiger partial charge in [-0.05, 0) is 31.2 Å². The summed E-state index contributed by atoms with van der Waals surface area (Å²) in [5.41, 5.74) is 2.09. The lowest BCUT2D eigenvalue weighted by Crippen LogP contribution is -2.11. The van der Waals surface area contributed by atoms with Crippen LogP contribution in [0.5, 0.6) is 0 Å². The van der Waals surface area contributed by atoms with Gasteiger partial charge < -0.3 is 10.6 Å². The van der Waals surface area contributed by atoms with Crippen molar-refractivity contribution in [2.75, 3.05) is 12.4 Å². The molecule has 0 spiro atoms. The van der Waals surface area contributed by atoms with Crippen LogP contribution in [0, 0.1) is 0 Å². The van der Waals surface area contributed by atoms with Crippen LogP contribution < -0.4 is 10.6 Å². The summed E-state index contributed by atoms with van der Waals surface area (Å²) in [6.45, 7) is 2.93. The molecule has 0 fully saturated rings. The van der Waals surface area contributed by atoms with E-state index in [9.17, 15) is 4.79 Å². The number of carbonyl (C=O) groups excluding carboxylic acids is 1. The second-order valence-electron chi connectivity index (χ2n) is 3.88. The first kappa shape index (κ1) is 12.7. The highest BCUT2D eigenvalue weighted by Gasteiger charge is 2.01. The first-order valence-electron chi connectivity index (χ1n) is 5.79. The molecule has 1 rings (SSSR count). The minimum Gasteiger partial charge on any atom is -0.326 e. The van der Waals surface area contributed by atoms with Gasteiger partial charge >= 0.3 is 0 Å². The highest BCUT2D eigenvalue weighted by Crippen LogP contribution is 2.10. The van der Waals surface area contributed by atoms with E-state index in [4.69, 9.17) is 0 Å². The minimum absolute atomic E-state index is 0.100. The largest absolute Gasteiger partial charge is 0.326 e. The van der Waals surface area contributed by atoms with Crippen LogP contribution in [0.25, 0.3) is 0 Å². The van der Waals surface area contributed by atoms with Crippen molar-refractivity contribution in [1.29, 1.82) is 0 Å². The summed E-state index contributed by atoms with van der Waals surface area (Å²) < 4.78 is 0. The van der Waals surface area contributed by atoms with E-state index in [0.29, 0.717) is 6.42 Å². The van der Waals surface area contributed by atoms with Crippen molar-refractivity contribution in [3.05, 3.63) is 29.8 Å². The first-order valence-corrected chi connectivity index (χ1v) is 5.79.